The molecule has 0 radical (unpaired) electrons. The maximum atomic E-state index is 5.47. The summed E-state index contributed by atoms with van der Waals surface area (Å²) < 4.78 is 5.47. The second kappa shape index (κ2) is 10.2. The molecule has 0 aliphatic carbocycles. The number of para-hydroxylation sites is 2. The van der Waals surface area contributed by atoms with Crippen molar-refractivity contribution in [1.82, 2.24) is 0 Å². The third kappa shape index (κ3) is 5.39. The molecule has 0 fully saturated rings. The predicted molar refractivity (Wildman–Crippen MR) is 107 cm³/mol. The Morgan fingerprint density at radius 2 is 1.32 bits per heavy atom. The summed E-state index contributed by atoms with van der Waals surface area (Å²) in [5, 5.41) is 3.64. The van der Waals surface area contributed by atoms with E-state index in [9.17, 15) is 0 Å². The molecule has 0 saturated heterocycles. The standard InChI is InChI=1S/C21H21NO.C2H6/c1-23-21-15-9-8-14-19(21)22-20(18-12-6-3-7-13-18)16-17-10-4-2-5-11-17;1-2/h2-15,20,22H,16H2,1H3;1-2H3. The Balaban J connectivity index is 0.00000109. The Morgan fingerprint density at radius 1 is 0.760 bits per heavy atom. The van der Waals surface area contributed by atoms with Crippen LogP contribution in [-0.4, -0.2) is 7.11 Å². The van der Waals surface area contributed by atoms with Gasteiger partial charge in [0.15, 0.2) is 0 Å². The molecule has 0 bridgehead atoms. The van der Waals surface area contributed by atoms with Gasteiger partial charge in [-0.1, -0.05) is 86.6 Å². The monoisotopic (exact) mass is 333 g/mol. The summed E-state index contributed by atoms with van der Waals surface area (Å²) in [6.07, 6.45) is 0.920. The summed E-state index contributed by atoms with van der Waals surface area (Å²) in [6.45, 7) is 4.00. The third-order valence-corrected chi connectivity index (χ3v) is 3.92. The fourth-order valence-corrected chi connectivity index (χ4v) is 2.74. The highest BCUT2D eigenvalue weighted by atomic mass is 16.5. The summed E-state index contributed by atoms with van der Waals surface area (Å²) in [6, 6.07) is 29.3. The third-order valence-electron chi connectivity index (χ3n) is 3.92. The molecule has 0 aliphatic rings. The largest absolute Gasteiger partial charge is 0.495 e. The van der Waals surface area contributed by atoms with E-state index in [1.807, 2.05) is 38.1 Å². The molecule has 3 aromatic carbocycles. The van der Waals surface area contributed by atoms with Gasteiger partial charge in [0, 0.05) is 0 Å². The molecule has 1 unspecified atom stereocenters. The molecule has 1 atom stereocenters. The van der Waals surface area contributed by atoms with Crippen LogP contribution in [0, 0.1) is 0 Å². The van der Waals surface area contributed by atoms with E-state index in [-0.39, 0.29) is 6.04 Å². The zero-order chi connectivity index (χ0) is 17.9. The van der Waals surface area contributed by atoms with Crippen molar-refractivity contribution in [3.63, 3.8) is 0 Å². The van der Waals surface area contributed by atoms with Crippen molar-refractivity contribution in [2.75, 3.05) is 12.4 Å². The molecule has 1 N–H and O–H groups in total. The van der Waals surface area contributed by atoms with Crippen LogP contribution >= 0.6 is 0 Å². The lowest BCUT2D eigenvalue weighted by atomic mass is 9.98. The van der Waals surface area contributed by atoms with Gasteiger partial charge in [0.1, 0.15) is 5.75 Å². The van der Waals surface area contributed by atoms with Crippen molar-refractivity contribution in [2.24, 2.45) is 0 Å². The van der Waals surface area contributed by atoms with E-state index in [2.05, 4.69) is 66.0 Å². The van der Waals surface area contributed by atoms with Gasteiger partial charge in [-0.2, -0.15) is 0 Å². The molecule has 0 spiro atoms. The molecule has 0 aromatic heterocycles. The smallest absolute Gasteiger partial charge is 0.141 e. The average Bonchev–Trinajstić information content (AvgIpc) is 2.71. The molecule has 3 aromatic rings. The minimum atomic E-state index is 0.190. The second-order valence-electron chi connectivity index (χ2n) is 5.50. The predicted octanol–water partition coefficient (Wildman–Crippen LogP) is 6.12. The van der Waals surface area contributed by atoms with Crippen LogP contribution in [0.2, 0.25) is 0 Å². The average molecular weight is 333 g/mol. The molecule has 0 saturated carbocycles. The molecule has 130 valence electrons. The van der Waals surface area contributed by atoms with E-state index in [4.69, 9.17) is 4.74 Å². The van der Waals surface area contributed by atoms with Gasteiger partial charge in [0.25, 0.3) is 0 Å². The number of anilines is 1. The number of rotatable bonds is 6. The number of hydrogen-bond donors (Lipinski definition) is 1. The molecule has 3 rings (SSSR count). The van der Waals surface area contributed by atoms with Crippen molar-refractivity contribution in [2.45, 2.75) is 26.3 Å². The zero-order valence-corrected chi connectivity index (χ0v) is 15.3. The quantitative estimate of drug-likeness (QED) is 0.587. The lowest BCUT2D eigenvalue weighted by molar-refractivity contribution is 0.416. The maximum Gasteiger partial charge on any atom is 0.141 e. The van der Waals surface area contributed by atoms with Gasteiger partial charge in [0.05, 0.1) is 18.8 Å². The van der Waals surface area contributed by atoms with Crippen LogP contribution in [0.15, 0.2) is 84.9 Å². The highest BCUT2D eigenvalue weighted by Gasteiger charge is 2.14. The zero-order valence-electron chi connectivity index (χ0n) is 15.3. The van der Waals surface area contributed by atoms with Crippen molar-refractivity contribution < 1.29 is 4.74 Å². The fourth-order valence-electron chi connectivity index (χ4n) is 2.74. The van der Waals surface area contributed by atoms with Crippen molar-refractivity contribution in [3.8, 4) is 5.75 Å². The van der Waals surface area contributed by atoms with Crippen molar-refractivity contribution >= 4 is 5.69 Å². The molecule has 25 heavy (non-hydrogen) atoms. The molecule has 0 heterocycles. The van der Waals surface area contributed by atoms with Gasteiger partial charge >= 0.3 is 0 Å². The normalized spacial score (nSPS) is 11.0. The van der Waals surface area contributed by atoms with E-state index in [1.165, 1.54) is 11.1 Å². The van der Waals surface area contributed by atoms with Crippen LogP contribution in [0.25, 0.3) is 0 Å². The molecule has 0 aliphatic heterocycles. The maximum absolute atomic E-state index is 5.47. The Labute approximate surface area is 151 Å². The van der Waals surface area contributed by atoms with E-state index in [1.54, 1.807) is 7.11 Å². The highest BCUT2D eigenvalue weighted by molar-refractivity contribution is 5.57. The summed E-state index contributed by atoms with van der Waals surface area (Å²) in [5.41, 5.74) is 3.59. The summed E-state index contributed by atoms with van der Waals surface area (Å²) in [4.78, 5) is 0. The second-order valence-corrected chi connectivity index (χ2v) is 5.50. The SMILES string of the molecule is CC.COc1ccccc1NC(Cc1ccccc1)c1ccccc1. The van der Waals surface area contributed by atoms with E-state index in [0.717, 1.165) is 17.9 Å². The Morgan fingerprint density at radius 3 is 1.96 bits per heavy atom. The minimum Gasteiger partial charge on any atom is -0.495 e. The summed E-state index contributed by atoms with van der Waals surface area (Å²) in [5.74, 6) is 0.862. The summed E-state index contributed by atoms with van der Waals surface area (Å²) >= 11 is 0. The summed E-state index contributed by atoms with van der Waals surface area (Å²) in [7, 11) is 1.70. The van der Waals surface area contributed by atoms with Crippen molar-refractivity contribution in [1.29, 1.82) is 0 Å². The van der Waals surface area contributed by atoms with E-state index < -0.39 is 0 Å². The first-order chi connectivity index (χ1) is 12.4. The Hall–Kier alpha value is -2.74. The number of ether oxygens (including phenoxy) is 1. The Bertz CT molecular complexity index is 725. The van der Waals surface area contributed by atoms with Gasteiger partial charge in [-0.3, -0.25) is 0 Å². The fraction of sp³-hybridized carbons (Fsp3) is 0.217. The number of hydrogen-bond acceptors (Lipinski definition) is 2. The van der Waals surface area contributed by atoms with Gasteiger partial charge in [-0.05, 0) is 29.7 Å². The Kier molecular flexibility index (Phi) is 7.58. The number of methoxy groups -OCH3 is 1. The van der Waals surface area contributed by atoms with E-state index in [0.29, 0.717) is 0 Å². The number of nitrogens with one attached hydrogen (secondary N) is 1. The van der Waals surface area contributed by atoms with Gasteiger partial charge < -0.3 is 10.1 Å². The van der Waals surface area contributed by atoms with Crippen LogP contribution < -0.4 is 10.1 Å². The molecular formula is C23H27NO. The van der Waals surface area contributed by atoms with Crippen LogP contribution in [0.3, 0.4) is 0 Å². The molecule has 0 amide bonds. The number of benzene rings is 3. The van der Waals surface area contributed by atoms with E-state index >= 15 is 0 Å². The van der Waals surface area contributed by atoms with Crippen molar-refractivity contribution in [3.05, 3.63) is 96.1 Å². The van der Waals surface area contributed by atoms with Gasteiger partial charge in [-0.25, -0.2) is 0 Å². The lowest BCUT2D eigenvalue weighted by Crippen LogP contribution is -2.14. The van der Waals surface area contributed by atoms with Crippen LogP contribution in [0.1, 0.15) is 31.0 Å². The first-order valence-corrected chi connectivity index (χ1v) is 8.85. The van der Waals surface area contributed by atoms with Gasteiger partial charge in [-0.15, -0.1) is 0 Å². The first-order valence-electron chi connectivity index (χ1n) is 8.85. The van der Waals surface area contributed by atoms with Crippen LogP contribution in [0.4, 0.5) is 5.69 Å². The van der Waals surface area contributed by atoms with Crippen LogP contribution in [0.5, 0.6) is 5.75 Å². The molecule has 2 nitrogen and oxygen atoms in total. The first kappa shape index (κ1) is 18.6. The molecule has 2 heteroatoms. The highest BCUT2D eigenvalue weighted by Crippen LogP contribution is 2.29. The topological polar surface area (TPSA) is 21.3 Å². The molecular weight excluding hydrogens is 306 g/mol. The minimum absolute atomic E-state index is 0.190. The van der Waals surface area contributed by atoms with Crippen LogP contribution in [-0.2, 0) is 6.42 Å². The lowest BCUT2D eigenvalue weighted by Gasteiger charge is -2.22. The van der Waals surface area contributed by atoms with Gasteiger partial charge in [0.2, 0.25) is 0 Å².